The average Bonchev–Trinajstić information content (AvgIpc) is 3.48. The summed E-state index contributed by atoms with van der Waals surface area (Å²) in [5.74, 6) is -8.56. The number of aliphatic hydroxyl groups excluding tert-OH is 2. The number of ether oxygens (including phenoxy) is 4. The van der Waals surface area contributed by atoms with E-state index in [9.17, 15) is 39.9 Å². The molecule has 6 N–H and O–H groups in total. The number of piperidine rings is 1. The molecule has 0 unspecified atom stereocenters. The zero-order valence-corrected chi connectivity index (χ0v) is 35.6. The first-order valence-electron chi connectivity index (χ1n) is 20.2. The first kappa shape index (κ1) is 45.6. The van der Waals surface area contributed by atoms with Crippen LogP contribution < -0.4 is 10.1 Å². The smallest absolute Gasteiger partial charge is 0.312 e. The highest BCUT2D eigenvalue weighted by atomic mass is 16.7. The van der Waals surface area contributed by atoms with Gasteiger partial charge in [0.15, 0.2) is 5.75 Å². The lowest BCUT2D eigenvalue weighted by Gasteiger charge is -2.38. The molecule has 16 nitrogen and oxygen atoms in total. The Morgan fingerprint density at radius 1 is 0.933 bits per heavy atom. The standard InChI is InChI=1S/C44H58N4O12/c1-22-14-13-15-23(2)43(56)47-34-29(20-45-46-21-48-17-11-10-12-18-48)38(53)31-32(39(34)54)37(52)27(6)41-33(31)42(55)44(8,60-41)58-19-16-30(57-9)24(3)40(59-28(7)49)26(5)36(51)25(4)35(22)50/h13-16,19-22,24-26,30,35-36,40,50-54H,10-12,17-18H2,1-9H3,(H,47,56)/b14-13-,19-16-,23-15-,45-20+,46-21+/t22-,24+,25+,26+,30-,35-,36+,40+,44-/m0/s1. The SMILES string of the molecule is CO[C@H]1/C=C\O[C@@]2(C)Oc3c(C)c(O)c4c(O)c(c(/C=N/N=C/N5CCCCC5)c(O)c4c3C2=O)NC(=O)/C(C)=C\C=C/[C@H](C)[C@H](O)[C@@H](C)[C@@H](O)[C@@H](C)[C@H](OC(C)=O)[C@@H]1C. The summed E-state index contributed by atoms with van der Waals surface area (Å²) in [6, 6.07) is 0. The van der Waals surface area contributed by atoms with Crippen LogP contribution in [0.4, 0.5) is 5.69 Å². The number of phenolic OH excluding ortho intramolecular Hbond substituents is 3. The fourth-order valence-electron chi connectivity index (χ4n) is 8.10. The van der Waals surface area contributed by atoms with E-state index in [2.05, 4.69) is 15.5 Å². The van der Waals surface area contributed by atoms with Crippen LogP contribution in [-0.4, -0.2) is 111 Å². The molecule has 4 aliphatic rings. The summed E-state index contributed by atoms with van der Waals surface area (Å²) < 4.78 is 23.6. The molecule has 4 aliphatic heterocycles. The van der Waals surface area contributed by atoms with E-state index >= 15 is 0 Å². The third-order valence-electron chi connectivity index (χ3n) is 11.9. The summed E-state index contributed by atoms with van der Waals surface area (Å²) in [7, 11) is 1.43. The molecular weight excluding hydrogens is 776 g/mol. The molecule has 2 aromatic rings. The molecular formula is C44H58N4O12. The van der Waals surface area contributed by atoms with E-state index in [0.29, 0.717) is 0 Å². The number of allylic oxidation sites excluding steroid dienone is 2. The lowest BCUT2D eigenvalue weighted by atomic mass is 9.78. The van der Waals surface area contributed by atoms with Gasteiger partial charge < -0.3 is 54.7 Å². The summed E-state index contributed by atoms with van der Waals surface area (Å²) in [5, 5.41) is 68.6. The number of rotatable bonds is 5. The van der Waals surface area contributed by atoms with E-state index in [1.165, 1.54) is 53.2 Å². The topological polar surface area (TPSA) is 229 Å². The maximum Gasteiger partial charge on any atom is 0.312 e. The van der Waals surface area contributed by atoms with Gasteiger partial charge in [-0.2, -0.15) is 5.10 Å². The van der Waals surface area contributed by atoms with Crippen LogP contribution >= 0.6 is 0 Å². The summed E-state index contributed by atoms with van der Waals surface area (Å²) in [6.07, 6.45) is 9.29. The predicted octanol–water partition coefficient (Wildman–Crippen LogP) is 5.60. The first-order chi connectivity index (χ1) is 28.3. The number of amides is 1. The number of carbonyl (C=O) groups is 3. The summed E-state index contributed by atoms with van der Waals surface area (Å²) >= 11 is 0. The molecule has 4 heterocycles. The quantitative estimate of drug-likeness (QED) is 0.0539. The van der Waals surface area contributed by atoms with Crippen molar-refractivity contribution in [3.8, 4) is 23.0 Å². The molecule has 0 saturated carbocycles. The van der Waals surface area contributed by atoms with Crippen molar-refractivity contribution in [1.82, 2.24) is 4.90 Å². The lowest BCUT2D eigenvalue weighted by molar-refractivity contribution is -0.160. The van der Waals surface area contributed by atoms with Crippen LogP contribution in [0.1, 0.15) is 89.2 Å². The number of likely N-dealkylation sites (tertiary alicyclic amines) is 1. The Hall–Kier alpha value is -5.45. The Kier molecular flexibility index (Phi) is 14.3. The van der Waals surface area contributed by atoms with Crippen molar-refractivity contribution in [3.63, 3.8) is 0 Å². The van der Waals surface area contributed by atoms with E-state index in [1.54, 1.807) is 46.2 Å². The van der Waals surface area contributed by atoms with Crippen molar-refractivity contribution in [2.24, 2.45) is 33.9 Å². The number of fused-ring (bicyclic) bond motifs is 14. The molecule has 0 spiro atoms. The molecule has 5 bridgehead atoms. The number of nitrogens with one attached hydrogen (secondary N) is 1. The number of aromatic hydroxyl groups is 3. The van der Waals surface area contributed by atoms with Crippen LogP contribution in [0.25, 0.3) is 10.8 Å². The van der Waals surface area contributed by atoms with Crippen molar-refractivity contribution in [2.45, 2.75) is 105 Å². The van der Waals surface area contributed by atoms with Gasteiger partial charge in [-0.1, -0.05) is 45.9 Å². The van der Waals surface area contributed by atoms with E-state index in [4.69, 9.17) is 18.9 Å². The molecule has 326 valence electrons. The molecule has 1 saturated heterocycles. The van der Waals surface area contributed by atoms with Gasteiger partial charge in [-0.25, -0.2) is 0 Å². The molecule has 60 heavy (non-hydrogen) atoms. The number of phenols is 3. The molecule has 0 aliphatic carbocycles. The number of anilines is 1. The third kappa shape index (κ3) is 9.15. The molecule has 1 amide bonds. The van der Waals surface area contributed by atoms with Gasteiger partial charge in [0.1, 0.15) is 29.7 Å². The molecule has 2 aromatic carbocycles. The number of benzene rings is 2. The Morgan fingerprint density at radius 3 is 2.27 bits per heavy atom. The normalized spacial score (nSPS) is 31.5. The monoisotopic (exact) mass is 834 g/mol. The van der Waals surface area contributed by atoms with Gasteiger partial charge in [0.2, 0.25) is 0 Å². The fourth-order valence-corrected chi connectivity index (χ4v) is 8.10. The van der Waals surface area contributed by atoms with Gasteiger partial charge in [0, 0.05) is 74.2 Å². The summed E-state index contributed by atoms with van der Waals surface area (Å²) in [4.78, 5) is 42.4. The second-order valence-corrected chi connectivity index (χ2v) is 16.2. The Labute approximate surface area is 349 Å². The van der Waals surface area contributed by atoms with Crippen LogP contribution in [0.15, 0.2) is 46.3 Å². The third-order valence-corrected chi connectivity index (χ3v) is 11.9. The van der Waals surface area contributed by atoms with Crippen molar-refractivity contribution in [3.05, 3.63) is 52.8 Å². The Morgan fingerprint density at radius 2 is 1.62 bits per heavy atom. The molecule has 1 fully saturated rings. The number of aliphatic hydroxyl groups is 2. The zero-order chi connectivity index (χ0) is 44.2. The number of ketones is 1. The minimum atomic E-state index is -2.06. The van der Waals surface area contributed by atoms with Gasteiger partial charge in [-0.15, -0.1) is 5.10 Å². The minimum Gasteiger partial charge on any atom is -0.507 e. The number of hydrogen-bond donors (Lipinski definition) is 6. The maximum atomic E-state index is 14.4. The van der Waals surface area contributed by atoms with E-state index in [1.807, 2.05) is 4.90 Å². The predicted molar refractivity (Wildman–Crippen MR) is 225 cm³/mol. The number of hydrogen-bond acceptors (Lipinski definition) is 14. The average molecular weight is 835 g/mol. The summed E-state index contributed by atoms with van der Waals surface area (Å²) in [5.41, 5.74) is -0.544. The van der Waals surface area contributed by atoms with Crippen molar-refractivity contribution < 1.29 is 58.9 Å². The van der Waals surface area contributed by atoms with Crippen molar-refractivity contribution in [2.75, 3.05) is 25.5 Å². The van der Waals surface area contributed by atoms with Crippen LogP contribution in [0.5, 0.6) is 23.0 Å². The zero-order valence-electron chi connectivity index (χ0n) is 35.6. The Bertz CT molecular complexity index is 2120. The second kappa shape index (κ2) is 18.9. The number of carbonyl (C=O) groups excluding carboxylic acids is 3. The molecule has 9 atom stereocenters. The lowest BCUT2D eigenvalue weighted by Crippen LogP contribution is -2.46. The highest BCUT2D eigenvalue weighted by molar-refractivity contribution is 6.23. The number of nitrogens with zero attached hydrogens (tertiary/aromatic N) is 3. The largest absolute Gasteiger partial charge is 0.507 e. The highest BCUT2D eigenvalue weighted by Gasteiger charge is 2.50. The number of Topliss-reactive ketones (excluding diaryl/α,β-unsaturated/α-hetero) is 1. The molecule has 16 heteroatoms. The number of esters is 1. The molecule has 6 rings (SSSR count). The first-order valence-corrected chi connectivity index (χ1v) is 20.2. The highest BCUT2D eigenvalue weighted by Crippen LogP contribution is 2.55. The summed E-state index contributed by atoms with van der Waals surface area (Å²) in [6.45, 7) is 14.1. The van der Waals surface area contributed by atoms with Gasteiger partial charge in [-0.05, 0) is 39.2 Å². The van der Waals surface area contributed by atoms with E-state index in [0.717, 1.165) is 38.6 Å². The van der Waals surface area contributed by atoms with Gasteiger partial charge in [0.25, 0.3) is 11.7 Å². The van der Waals surface area contributed by atoms with Gasteiger partial charge >= 0.3 is 11.8 Å². The number of methoxy groups -OCH3 is 1. The van der Waals surface area contributed by atoms with Gasteiger partial charge in [0.05, 0.1) is 53.0 Å². The van der Waals surface area contributed by atoms with Crippen LogP contribution in [0, 0.1) is 30.6 Å². The second-order valence-electron chi connectivity index (χ2n) is 16.2. The van der Waals surface area contributed by atoms with Crippen molar-refractivity contribution >= 4 is 46.7 Å². The minimum absolute atomic E-state index is 0.0408. The van der Waals surface area contributed by atoms with Gasteiger partial charge in [-0.3, -0.25) is 14.4 Å². The van der Waals surface area contributed by atoms with E-state index in [-0.39, 0.29) is 44.5 Å². The van der Waals surface area contributed by atoms with Crippen LogP contribution in [0.2, 0.25) is 0 Å². The maximum absolute atomic E-state index is 14.4. The Balaban J connectivity index is 1.69. The van der Waals surface area contributed by atoms with Crippen LogP contribution in [-0.2, 0) is 23.8 Å². The van der Waals surface area contributed by atoms with E-state index < -0.39 is 88.8 Å². The molecule has 0 aromatic heterocycles. The van der Waals surface area contributed by atoms with Crippen LogP contribution in [0.3, 0.4) is 0 Å². The fraction of sp³-hybridized carbons (Fsp3) is 0.523. The molecule has 0 radical (unpaired) electrons. The van der Waals surface area contributed by atoms with Crippen molar-refractivity contribution in [1.29, 1.82) is 0 Å².